The van der Waals surface area contributed by atoms with Crippen LogP contribution in [0.25, 0.3) is 0 Å². The lowest BCUT2D eigenvalue weighted by Crippen LogP contribution is -2.63. The van der Waals surface area contributed by atoms with Gasteiger partial charge < -0.3 is 33.3 Å². The van der Waals surface area contributed by atoms with Gasteiger partial charge in [-0.3, -0.25) is 9.28 Å². The Morgan fingerprint density at radius 1 is 0.711 bits per heavy atom. The number of methoxy groups -OCH3 is 6. The molecule has 10 heteroatoms. The van der Waals surface area contributed by atoms with Gasteiger partial charge in [0, 0.05) is 24.1 Å². The fraction of sp³-hybridized carbons (Fsp3) is 0.371. The Labute approximate surface area is 265 Å². The highest BCUT2D eigenvalue weighted by atomic mass is 16.5. The molecule has 0 unspecified atom stereocenters. The Hall–Kier alpha value is -4.70. The molecule has 2 amide bonds. The number of carbonyl (C=O) groups excluding carboxylic acids is 2. The average Bonchev–Trinajstić information content (AvgIpc) is 3.09. The van der Waals surface area contributed by atoms with Crippen molar-refractivity contribution in [2.45, 2.75) is 12.8 Å². The van der Waals surface area contributed by atoms with Crippen molar-refractivity contribution in [2.75, 3.05) is 75.4 Å². The van der Waals surface area contributed by atoms with E-state index in [2.05, 4.69) is 30.8 Å². The molecule has 1 aliphatic heterocycles. The van der Waals surface area contributed by atoms with Crippen LogP contribution in [0.3, 0.4) is 0 Å². The summed E-state index contributed by atoms with van der Waals surface area (Å²) >= 11 is 0. The zero-order valence-electron chi connectivity index (χ0n) is 27.0. The number of quaternary nitrogens is 1. The molecule has 240 valence electrons. The van der Waals surface area contributed by atoms with E-state index in [0.29, 0.717) is 84.8 Å². The molecule has 1 fully saturated rings. The summed E-state index contributed by atoms with van der Waals surface area (Å²) in [5.41, 5.74) is 3.19. The summed E-state index contributed by atoms with van der Waals surface area (Å²) in [6.07, 6.45) is 3.37. The Morgan fingerprint density at radius 3 is 1.58 bits per heavy atom. The minimum atomic E-state index is -0.176. The van der Waals surface area contributed by atoms with Gasteiger partial charge in [-0.05, 0) is 29.7 Å². The summed E-state index contributed by atoms with van der Waals surface area (Å²) in [6, 6.07) is 15.1. The predicted molar refractivity (Wildman–Crippen MR) is 171 cm³/mol. The Kier molecular flexibility index (Phi) is 11.0. The molecule has 1 saturated heterocycles. The summed E-state index contributed by atoms with van der Waals surface area (Å²) in [6.45, 7) is 6.00. The molecule has 3 aromatic carbocycles. The standard InChI is InChI=1S/C35H43N2O8/c1-8-9-24-10-12-25(13-11-24)14-17-37(35(39)27-22-30(42-4)33(45-7)31(23-27)43-5)18-15-36(16-19-37)34(38)26-20-28(40-2)32(44-6)29(21-26)41-3/h8,10-13,20-23H,1,9,14-19H2,2-7H3/q+1. The quantitative estimate of drug-likeness (QED) is 0.199. The zero-order chi connectivity index (χ0) is 32.6. The van der Waals surface area contributed by atoms with Crippen molar-refractivity contribution in [3.8, 4) is 34.5 Å². The van der Waals surface area contributed by atoms with Crippen LogP contribution in [0.4, 0.5) is 0 Å². The van der Waals surface area contributed by atoms with E-state index in [1.165, 1.54) is 48.2 Å². The molecule has 0 bridgehead atoms. The van der Waals surface area contributed by atoms with Crippen LogP contribution in [0.1, 0.15) is 31.8 Å². The highest BCUT2D eigenvalue weighted by molar-refractivity contribution is 5.96. The Bertz CT molecular complexity index is 1460. The van der Waals surface area contributed by atoms with Gasteiger partial charge in [-0.15, -0.1) is 6.58 Å². The molecule has 0 aromatic heterocycles. The number of ether oxygens (including phenoxy) is 6. The van der Waals surface area contributed by atoms with Crippen molar-refractivity contribution in [2.24, 2.45) is 0 Å². The molecular weight excluding hydrogens is 576 g/mol. The smallest absolute Gasteiger partial charge is 0.346 e. The van der Waals surface area contributed by atoms with Gasteiger partial charge in [-0.2, -0.15) is 0 Å². The highest BCUT2D eigenvalue weighted by Crippen LogP contribution is 2.40. The molecule has 45 heavy (non-hydrogen) atoms. The lowest BCUT2D eigenvalue weighted by atomic mass is 10.0. The fourth-order valence-corrected chi connectivity index (χ4v) is 5.80. The molecule has 0 N–H and O–H groups in total. The van der Waals surface area contributed by atoms with E-state index in [1.807, 2.05) is 6.08 Å². The number of rotatable bonds is 13. The van der Waals surface area contributed by atoms with Crippen LogP contribution in [0.5, 0.6) is 34.5 Å². The molecule has 1 heterocycles. The summed E-state index contributed by atoms with van der Waals surface area (Å²) in [7, 11) is 9.13. The largest absolute Gasteiger partial charge is 0.493 e. The molecule has 1 aliphatic rings. The maximum absolute atomic E-state index is 14.5. The number of piperazine rings is 1. The second-order valence-corrected chi connectivity index (χ2v) is 10.8. The van der Waals surface area contributed by atoms with E-state index < -0.39 is 0 Å². The van der Waals surface area contributed by atoms with E-state index in [0.717, 1.165) is 12.0 Å². The molecule has 0 spiro atoms. The normalized spacial score (nSPS) is 13.9. The summed E-state index contributed by atoms with van der Waals surface area (Å²) < 4.78 is 33.1. The van der Waals surface area contributed by atoms with Crippen LogP contribution < -0.4 is 28.4 Å². The Morgan fingerprint density at radius 2 is 1.16 bits per heavy atom. The third kappa shape index (κ3) is 7.01. The monoisotopic (exact) mass is 619 g/mol. The number of benzene rings is 3. The van der Waals surface area contributed by atoms with E-state index in [-0.39, 0.29) is 16.3 Å². The zero-order valence-corrected chi connectivity index (χ0v) is 27.0. The van der Waals surface area contributed by atoms with E-state index >= 15 is 0 Å². The van der Waals surface area contributed by atoms with Gasteiger partial charge in [0.15, 0.2) is 23.0 Å². The van der Waals surface area contributed by atoms with Gasteiger partial charge in [-0.1, -0.05) is 30.3 Å². The number of carbonyl (C=O) groups is 2. The van der Waals surface area contributed by atoms with Gasteiger partial charge in [0.2, 0.25) is 11.5 Å². The SMILES string of the molecule is C=CCc1ccc(CC[N+]2(C(=O)c3cc(OC)c(OC)c(OC)c3)CCN(C(=O)c3cc(OC)c(OC)c(OC)c3)CC2)cc1. The first-order valence-corrected chi connectivity index (χ1v) is 14.8. The average molecular weight is 620 g/mol. The number of amides is 2. The maximum Gasteiger partial charge on any atom is 0.346 e. The number of nitrogens with zero attached hydrogens (tertiary/aromatic N) is 2. The van der Waals surface area contributed by atoms with E-state index in [1.54, 1.807) is 29.2 Å². The van der Waals surface area contributed by atoms with Crippen LogP contribution in [-0.4, -0.2) is 96.6 Å². The predicted octanol–water partition coefficient (Wildman–Crippen LogP) is 4.82. The number of allylic oxidation sites excluding steroid dienone is 1. The van der Waals surface area contributed by atoms with Crippen molar-refractivity contribution in [1.29, 1.82) is 0 Å². The minimum absolute atomic E-state index is 0.0718. The second-order valence-electron chi connectivity index (χ2n) is 10.8. The molecule has 10 nitrogen and oxygen atoms in total. The van der Waals surface area contributed by atoms with Crippen molar-refractivity contribution < 1.29 is 42.5 Å². The van der Waals surface area contributed by atoms with Gasteiger partial charge >= 0.3 is 5.91 Å². The van der Waals surface area contributed by atoms with Crippen LogP contribution >= 0.6 is 0 Å². The van der Waals surface area contributed by atoms with Crippen molar-refractivity contribution in [1.82, 2.24) is 4.90 Å². The van der Waals surface area contributed by atoms with Gasteiger partial charge in [-0.25, -0.2) is 4.79 Å². The van der Waals surface area contributed by atoms with Crippen LogP contribution in [0.15, 0.2) is 61.2 Å². The minimum Gasteiger partial charge on any atom is -0.493 e. The molecule has 0 aliphatic carbocycles. The van der Waals surface area contributed by atoms with Crippen LogP contribution in [0.2, 0.25) is 0 Å². The molecule has 0 radical (unpaired) electrons. The fourth-order valence-electron chi connectivity index (χ4n) is 5.80. The third-order valence-corrected chi connectivity index (χ3v) is 8.37. The van der Waals surface area contributed by atoms with Crippen molar-refractivity contribution in [3.05, 3.63) is 83.4 Å². The highest BCUT2D eigenvalue weighted by Gasteiger charge is 2.42. The lowest BCUT2D eigenvalue weighted by Gasteiger charge is -2.43. The Balaban J connectivity index is 1.64. The first-order chi connectivity index (χ1) is 21.8. The van der Waals surface area contributed by atoms with Gasteiger partial charge in [0.05, 0.1) is 67.9 Å². The second kappa shape index (κ2) is 14.9. The molecule has 0 atom stereocenters. The first kappa shape index (κ1) is 33.2. The van der Waals surface area contributed by atoms with Gasteiger partial charge in [0.1, 0.15) is 13.1 Å². The number of hydrogen-bond acceptors (Lipinski definition) is 8. The van der Waals surface area contributed by atoms with Gasteiger partial charge in [0.25, 0.3) is 5.91 Å². The molecular formula is C35H43N2O8+. The van der Waals surface area contributed by atoms with Crippen LogP contribution in [-0.2, 0) is 12.8 Å². The van der Waals surface area contributed by atoms with E-state index in [9.17, 15) is 9.59 Å². The molecule has 3 aromatic rings. The number of hydrogen-bond donors (Lipinski definition) is 0. The summed E-state index contributed by atoms with van der Waals surface area (Å²) in [5.74, 6) is 2.21. The van der Waals surface area contributed by atoms with Crippen LogP contribution in [0, 0.1) is 0 Å². The summed E-state index contributed by atoms with van der Waals surface area (Å²) in [4.78, 5) is 29.9. The maximum atomic E-state index is 14.5. The lowest BCUT2D eigenvalue weighted by molar-refractivity contribution is -0.853. The summed E-state index contributed by atoms with van der Waals surface area (Å²) in [5, 5.41) is 0. The molecule has 4 rings (SSSR count). The van der Waals surface area contributed by atoms with Crippen molar-refractivity contribution in [3.63, 3.8) is 0 Å². The third-order valence-electron chi connectivity index (χ3n) is 8.37. The van der Waals surface area contributed by atoms with Crippen molar-refractivity contribution >= 4 is 11.8 Å². The van der Waals surface area contributed by atoms with E-state index in [4.69, 9.17) is 28.4 Å². The topological polar surface area (TPSA) is 92.8 Å². The molecule has 0 saturated carbocycles. The first-order valence-electron chi connectivity index (χ1n) is 14.8.